The Morgan fingerprint density at radius 1 is 1.19 bits per heavy atom. The number of hydrogen-bond donors (Lipinski definition) is 0. The molecule has 84 valence electrons. The fourth-order valence-electron chi connectivity index (χ4n) is 1.21. The van der Waals surface area contributed by atoms with Crippen LogP contribution in [0.1, 0.15) is 23.2 Å². The molecule has 1 aromatic carbocycles. The molecule has 3 heteroatoms. The Balaban J connectivity index is 2.36. The molecule has 16 heavy (non-hydrogen) atoms. The van der Waals surface area contributed by atoms with Crippen molar-refractivity contribution in [1.82, 2.24) is 0 Å². The smallest absolute Gasteiger partial charge is 0.306 e. The molecule has 0 saturated heterocycles. The van der Waals surface area contributed by atoms with Gasteiger partial charge in [-0.05, 0) is 0 Å². The molecule has 0 amide bonds. The van der Waals surface area contributed by atoms with Crippen molar-refractivity contribution in [2.24, 2.45) is 0 Å². The third kappa shape index (κ3) is 4.09. The molecular weight excluding hydrogens is 204 g/mol. The van der Waals surface area contributed by atoms with Crippen LogP contribution in [0.15, 0.2) is 43.0 Å². The Hall–Kier alpha value is -1.90. The zero-order chi connectivity index (χ0) is 11.8. The van der Waals surface area contributed by atoms with Gasteiger partial charge in [0.25, 0.3) is 0 Å². The van der Waals surface area contributed by atoms with E-state index in [4.69, 9.17) is 4.74 Å². The molecule has 3 nitrogen and oxygen atoms in total. The van der Waals surface area contributed by atoms with Gasteiger partial charge in [0.05, 0.1) is 6.42 Å². The van der Waals surface area contributed by atoms with E-state index in [0.29, 0.717) is 5.56 Å². The number of esters is 1. The molecule has 0 spiro atoms. The van der Waals surface area contributed by atoms with Gasteiger partial charge in [-0.3, -0.25) is 9.59 Å². The van der Waals surface area contributed by atoms with E-state index in [1.165, 1.54) is 6.08 Å². The lowest BCUT2D eigenvalue weighted by Gasteiger charge is -2.01. The van der Waals surface area contributed by atoms with Gasteiger partial charge in [0.15, 0.2) is 5.78 Å². The summed E-state index contributed by atoms with van der Waals surface area (Å²) in [5, 5.41) is 0. The Morgan fingerprint density at radius 2 is 1.88 bits per heavy atom. The van der Waals surface area contributed by atoms with Gasteiger partial charge in [-0.2, -0.15) is 0 Å². The molecule has 1 rings (SSSR count). The number of hydrogen-bond acceptors (Lipinski definition) is 3. The van der Waals surface area contributed by atoms with Crippen LogP contribution in [-0.4, -0.2) is 18.4 Å². The quantitative estimate of drug-likeness (QED) is 0.418. The molecule has 0 bridgehead atoms. The van der Waals surface area contributed by atoms with Crippen molar-refractivity contribution >= 4 is 11.8 Å². The van der Waals surface area contributed by atoms with E-state index in [9.17, 15) is 9.59 Å². The maximum Gasteiger partial charge on any atom is 0.306 e. The van der Waals surface area contributed by atoms with Gasteiger partial charge in [0, 0.05) is 12.0 Å². The lowest BCUT2D eigenvalue weighted by molar-refractivity contribution is -0.142. The third-order valence-corrected chi connectivity index (χ3v) is 2.01. The van der Waals surface area contributed by atoms with E-state index >= 15 is 0 Å². The summed E-state index contributed by atoms with van der Waals surface area (Å²) in [6.45, 7) is 3.62. The normalized spacial score (nSPS) is 9.50. The van der Waals surface area contributed by atoms with Gasteiger partial charge < -0.3 is 4.74 Å². The van der Waals surface area contributed by atoms with Crippen molar-refractivity contribution in [3.05, 3.63) is 48.6 Å². The van der Waals surface area contributed by atoms with Gasteiger partial charge in [0.2, 0.25) is 0 Å². The highest BCUT2D eigenvalue weighted by atomic mass is 16.5. The Bertz CT molecular complexity index is 368. The highest BCUT2D eigenvalue weighted by Crippen LogP contribution is 2.05. The summed E-state index contributed by atoms with van der Waals surface area (Å²) in [5.74, 6) is -0.416. The van der Waals surface area contributed by atoms with Gasteiger partial charge in [-0.15, -0.1) is 0 Å². The molecule has 0 unspecified atom stereocenters. The molecule has 0 N–H and O–H groups in total. The Morgan fingerprint density at radius 3 is 2.50 bits per heavy atom. The average Bonchev–Trinajstić information content (AvgIpc) is 2.34. The van der Waals surface area contributed by atoms with Crippen LogP contribution in [0.25, 0.3) is 0 Å². The second kappa shape index (κ2) is 6.56. The van der Waals surface area contributed by atoms with Gasteiger partial charge in [0.1, 0.15) is 6.61 Å². The fraction of sp³-hybridized carbons (Fsp3) is 0.231. The largest absolute Gasteiger partial charge is 0.461 e. The van der Waals surface area contributed by atoms with E-state index in [1.807, 2.05) is 6.07 Å². The van der Waals surface area contributed by atoms with Crippen molar-refractivity contribution in [3.63, 3.8) is 0 Å². The number of Topliss-reactive ketones (excluding diaryl/α,β-unsaturated/α-hetero) is 1. The minimum absolute atomic E-state index is 0.0452. The minimum Gasteiger partial charge on any atom is -0.461 e. The maximum absolute atomic E-state index is 11.6. The van der Waals surface area contributed by atoms with Crippen LogP contribution in [0.5, 0.6) is 0 Å². The summed E-state index contributed by atoms with van der Waals surface area (Å²) in [7, 11) is 0. The molecule has 0 aliphatic carbocycles. The molecule has 0 fully saturated rings. The number of rotatable bonds is 6. The van der Waals surface area contributed by atoms with Crippen molar-refractivity contribution in [1.29, 1.82) is 0 Å². The van der Waals surface area contributed by atoms with Crippen LogP contribution >= 0.6 is 0 Å². The Kier molecular flexibility index (Phi) is 4.99. The summed E-state index contributed by atoms with van der Waals surface area (Å²) in [6, 6.07) is 8.90. The van der Waals surface area contributed by atoms with Crippen LogP contribution in [-0.2, 0) is 9.53 Å². The number of ketones is 1. The lowest BCUT2D eigenvalue weighted by atomic mass is 10.1. The predicted molar refractivity (Wildman–Crippen MR) is 61.2 cm³/mol. The van der Waals surface area contributed by atoms with E-state index in [2.05, 4.69) is 6.58 Å². The summed E-state index contributed by atoms with van der Waals surface area (Å²) < 4.78 is 4.77. The van der Waals surface area contributed by atoms with E-state index < -0.39 is 0 Å². The standard InChI is InChI=1S/C13H14O3/c1-2-10-16-13(15)9-8-12(14)11-6-4-3-5-7-11/h2-7H,1,8-10H2. The van der Waals surface area contributed by atoms with Crippen LogP contribution in [0.4, 0.5) is 0 Å². The third-order valence-electron chi connectivity index (χ3n) is 2.01. The number of carbonyl (C=O) groups is 2. The first kappa shape index (κ1) is 12.2. The monoisotopic (exact) mass is 218 g/mol. The first-order valence-electron chi connectivity index (χ1n) is 5.09. The maximum atomic E-state index is 11.6. The van der Waals surface area contributed by atoms with Gasteiger partial charge >= 0.3 is 5.97 Å². The number of ether oxygens (including phenoxy) is 1. The summed E-state index contributed by atoms with van der Waals surface area (Å²) in [4.78, 5) is 22.7. The molecule has 0 radical (unpaired) electrons. The van der Waals surface area contributed by atoms with E-state index in [1.54, 1.807) is 24.3 Å². The highest BCUT2D eigenvalue weighted by molar-refractivity contribution is 5.97. The molecule has 0 aromatic heterocycles. The number of benzene rings is 1. The predicted octanol–water partition coefficient (Wildman–Crippen LogP) is 2.38. The lowest BCUT2D eigenvalue weighted by Crippen LogP contribution is -2.08. The van der Waals surface area contributed by atoms with Crippen molar-refractivity contribution < 1.29 is 14.3 Å². The van der Waals surface area contributed by atoms with Crippen LogP contribution in [0.3, 0.4) is 0 Å². The van der Waals surface area contributed by atoms with Crippen molar-refractivity contribution in [2.75, 3.05) is 6.61 Å². The first-order valence-corrected chi connectivity index (χ1v) is 5.09. The fourth-order valence-corrected chi connectivity index (χ4v) is 1.21. The molecular formula is C13H14O3. The summed E-state index contributed by atoms with van der Waals surface area (Å²) in [5.41, 5.74) is 0.624. The second-order valence-corrected chi connectivity index (χ2v) is 3.26. The SMILES string of the molecule is C=CCOC(=O)CCC(=O)c1ccccc1. The van der Waals surface area contributed by atoms with Crippen LogP contribution < -0.4 is 0 Å². The highest BCUT2D eigenvalue weighted by Gasteiger charge is 2.08. The second-order valence-electron chi connectivity index (χ2n) is 3.26. The zero-order valence-corrected chi connectivity index (χ0v) is 9.02. The van der Waals surface area contributed by atoms with E-state index in [0.717, 1.165) is 0 Å². The molecule has 1 aromatic rings. The van der Waals surface area contributed by atoms with Crippen molar-refractivity contribution in [2.45, 2.75) is 12.8 Å². The van der Waals surface area contributed by atoms with Gasteiger partial charge in [-0.25, -0.2) is 0 Å². The van der Waals surface area contributed by atoms with E-state index in [-0.39, 0.29) is 31.2 Å². The molecule has 0 saturated carbocycles. The minimum atomic E-state index is -0.371. The topological polar surface area (TPSA) is 43.4 Å². The molecule has 0 atom stereocenters. The van der Waals surface area contributed by atoms with Crippen LogP contribution in [0.2, 0.25) is 0 Å². The summed E-state index contributed by atoms with van der Waals surface area (Å²) >= 11 is 0. The molecule has 0 heterocycles. The van der Waals surface area contributed by atoms with Crippen molar-refractivity contribution in [3.8, 4) is 0 Å². The molecule has 0 aliphatic heterocycles. The average molecular weight is 218 g/mol. The molecule has 0 aliphatic rings. The first-order chi connectivity index (χ1) is 7.74. The van der Waals surface area contributed by atoms with Gasteiger partial charge in [-0.1, -0.05) is 43.0 Å². The van der Waals surface area contributed by atoms with Crippen LogP contribution in [0, 0.1) is 0 Å². The summed E-state index contributed by atoms with van der Waals surface area (Å²) in [6.07, 6.45) is 1.79. The number of carbonyl (C=O) groups excluding carboxylic acids is 2. The zero-order valence-electron chi connectivity index (χ0n) is 9.02. The Labute approximate surface area is 94.7 Å².